The van der Waals surface area contributed by atoms with Crippen molar-refractivity contribution in [3.8, 4) is 11.8 Å². The van der Waals surface area contributed by atoms with E-state index in [0.717, 1.165) is 36.3 Å². The molecule has 9 heteroatoms. The summed E-state index contributed by atoms with van der Waals surface area (Å²) in [6, 6.07) is 0. The number of fused-ring (bicyclic) bond motifs is 1. The van der Waals surface area contributed by atoms with Crippen LogP contribution >= 0.6 is 0 Å². The van der Waals surface area contributed by atoms with E-state index < -0.39 is 30.2 Å². The van der Waals surface area contributed by atoms with Crippen molar-refractivity contribution < 1.29 is 41.7 Å². The van der Waals surface area contributed by atoms with E-state index in [0.29, 0.717) is 18.4 Å². The Morgan fingerprint density at radius 3 is 2.42 bits per heavy atom. The molecule has 0 aliphatic heterocycles. The number of rotatable bonds is 3. The van der Waals surface area contributed by atoms with Crippen LogP contribution in [0.5, 0.6) is 0 Å². The quantitative estimate of drug-likeness (QED) is 0.247. The van der Waals surface area contributed by atoms with Gasteiger partial charge in [-0.25, -0.2) is 0 Å². The van der Waals surface area contributed by atoms with Gasteiger partial charge in [0.25, 0.3) is 0 Å². The van der Waals surface area contributed by atoms with Crippen molar-refractivity contribution in [3.05, 3.63) is 47.1 Å². The number of aliphatic hydroxyl groups excluding tert-OH is 2. The summed E-state index contributed by atoms with van der Waals surface area (Å²) >= 11 is 0. The van der Waals surface area contributed by atoms with Crippen molar-refractivity contribution in [2.45, 2.75) is 89.0 Å². The number of hydrogen-bond acceptors (Lipinski definition) is 3. The predicted octanol–water partition coefficient (Wildman–Crippen LogP) is 5.93. The summed E-state index contributed by atoms with van der Waals surface area (Å²) < 4.78 is 77.4. The molecule has 0 aromatic heterocycles. The van der Waals surface area contributed by atoms with Crippen LogP contribution in [-0.4, -0.2) is 45.5 Å². The average Bonchev–Trinajstić information content (AvgIpc) is 3.11. The Labute approximate surface area is 207 Å². The first-order chi connectivity index (χ1) is 16.5. The summed E-state index contributed by atoms with van der Waals surface area (Å²) in [5, 5.41) is 29.3. The molecule has 2 saturated carbocycles. The largest absolute Gasteiger partial charge is 0.438 e. The highest BCUT2D eigenvalue weighted by atomic mass is 19.4. The first-order valence-corrected chi connectivity index (χ1v) is 12.0. The number of hydrogen-bond donors (Lipinski definition) is 3. The van der Waals surface area contributed by atoms with Gasteiger partial charge in [-0.2, -0.15) is 26.3 Å². The van der Waals surface area contributed by atoms with E-state index in [2.05, 4.69) is 13.5 Å². The highest BCUT2D eigenvalue weighted by Gasteiger charge is 2.70. The molecule has 3 aliphatic carbocycles. The van der Waals surface area contributed by atoms with Crippen LogP contribution in [0.2, 0.25) is 0 Å². The minimum absolute atomic E-state index is 0.127. The molecular formula is C27H32F6O3. The molecule has 5 atom stereocenters. The molecule has 0 aromatic carbocycles. The molecule has 0 radical (unpaired) electrons. The van der Waals surface area contributed by atoms with Crippen molar-refractivity contribution in [1.82, 2.24) is 0 Å². The second-order valence-corrected chi connectivity index (χ2v) is 10.4. The highest BCUT2D eigenvalue weighted by molar-refractivity contribution is 5.40. The van der Waals surface area contributed by atoms with Crippen LogP contribution in [0.25, 0.3) is 0 Å². The van der Waals surface area contributed by atoms with E-state index in [1.807, 2.05) is 24.1 Å². The number of halogens is 6. The van der Waals surface area contributed by atoms with E-state index in [9.17, 15) is 41.7 Å². The maximum absolute atomic E-state index is 12.9. The summed E-state index contributed by atoms with van der Waals surface area (Å²) in [6.45, 7) is 7.72. The van der Waals surface area contributed by atoms with Crippen LogP contribution in [0, 0.1) is 29.1 Å². The summed E-state index contributed by atoms with van der Waals surface area (Å²) in [5.41, 5.74) is -1.86. The molecule has 2 unspecified atom stereocenters. The van der Waals surface area contributed by atoms with Gasteiger partial charge >= 0.3 is 18.0 Å². The first-order valence-electron chi connectivity index (χ1n) is 12.0. The van der Waals surface area contributed by atoms with Gasteiger partial charge in [0.05, 0.1) is 12.2 Å². The van der Waals surface area contributed by atoms with Gasteiger partial charge in [-0.15, -0.1) is 0 Å². The third-order valence-corrected chi connectivity index (χ3v) is 7.90. The Kier molecular flexibility index (Phi) is 7.96. The molecule has 3 aliphatic rings. The Hall–Kier alpha value is -2.02. The average molecular weight is 519 g/mol. The normalized spacial score (nSPS) is 32.7. The van der Waals surface area contributed by atoms with E-state index >= 15 is 0 Å². The summed E-state index contributed by atoms with van der Waals surface area (Å²) in [7, 11) is 0. The summed E-state index contributed by atoms with van der Waals surface area (Å²) in [6.07, 6.45) is -3.80. The Bertz CT molecular complexity index is 1010. The minimum atomic E-state index is -5.96. The minimum Gasteiger partial charge on any atom is -0.393 e. The van der Waals surface area contributed by atoms with Gasteiger partial charge in [0.15, 0.2) is 0 Å². The van der Waals surface area contributed by atoms with Crippen molar-refractivity contribution in [1.29, 1.82) is 0 Å². The molecule has 0 saturated heterocycles. The zero-order chi connectivity index (χ0) is 27.1. The van der Waals surface area contributed by atoms with E-state index in [4.69, 9.17) is 0 Å². The van der Waals surface area contributed by atoms with Gasteiger partial charge in [0, 0.05) is 12.8 Å². The lowest BCUT2D eigenvalue weighted by molar-refractivity contribution is -0.343. The van der Waals surface area contributed by atoms with Gasteiger partial charge in [-0.05, 0) is 66.4 Å². The first kappa shape index (κ1) is 28.5. The maximum atomic E-state index is 12.9. The second-order valence-electron chi connectivity index (χ2n) is 10.4. The van der Waals surface area contributed by atoms with Crippen molar-refractivity contribution in [2.24, 2.45) is 17.3 Å². The van der Waals surface area contributed by atoms with Gasteiger partial charge in [0.2, 0.25) is 0 Å². The van der Waals surface area contributed by atoms with Gasteiger partial charge in [-0.1, -0.05) is 55.7 Å². The lowest BCUT2D eigenvalue weighted by Crippen LogP contribution is -2.55. The Morgan fingerprint density at radius 2 is 1.81 bits per heavy atom. The lowest BCUT2D eigenvalue weighted by Gasteiger charge is -2.42. The van der Waals surface area contributed by atoms with Crippen molar-refractivity contribution in [2.75, 3.05) is 0 Å². The van der Waals surface area contributed by atoms with Crippen LogP contribution in [0.1, 0.15) is 58.8 Å². The molecule has 0 bridgehead atoms. The van der Waals surface area contributed by atoms with Crippen LogP contribution in [0.15, 0.2) is 47.1 Å². The Morgan fingerprint density at radius 1 is 1.17 bits per heavy atom. The molecule has 36 heavy (non-hydrogen) atoms. The zero-order valence-electron chi connectivity index (χ0n) is 20.3. The van der Waals surface area contributed by atoms with Crippen LogP contribution in [0.4, 0.5) is 26.3 Å². The van der Waals surface area contributed by atoms with Crippen molar-refractivity contribution in [3.63, 3.8) is 0 Å². The third-order valence-electron chi connectivity index (χ3n) is 7.90. The summed E-state index contributed by atoms with van der Waals surface area (Å²) in [4.78, 5) is 0. The zero-order valence-corrected chi connectivity index (χ0v) is 20.3. The van der Waals surface area contributed by atoms with Crippen LogP contribution in [-0.2, 0) is 0 Å². The lowest BCUT2D eigenvalue weighted by atomic mass is 9.62. The van der Waals surface area contributed by atoms with Gasteiger partial charge in [0.1, 0.15) is 0 Å². The molecule has 3 N–H and O–H groups in total. The fraction of sp³-hybridized carbons (Fsp3) is 0.630. The van der Waals surface area contributed by atoms with E-state index in [1.54, 1.807) is 6.92 Å². The predicted molar refractivity (Wildman–Crippen MR) is 123 cm³/mol. The second kappa shape index (κ2) is 10.0. The van der Waals surface area contributed by atoms with Gasteiger partial charge in [-0.3, -0.25) is 0 Å². The fourth-order valence-electron chi connectivity index (χ4n) is 5.83. The maximum Gasteiger partial charge on any atom is 0.438 e. The summed E-state index contributed by atoms with van der Waals surface area (Å²) in [5.74, 6) is 2.75. The molecule has 200 valence electrons. The van der Waals surface area contributed by atoms with E-state index in [1.165, 1.54) is 5.57 Å². The third kappa shape index (κ3) is 5.32. The molecule has 3 nitrogen and oxygen atoms in total. The van der Waals surface area contributed by atoms with Gasteiger partial charge < -0.3 is 15.3 Å². The van der Waals surface area contributed by atoms with Crippen LogP contribution < -0.4 is 0 Å². The topological polar surface area (TPSA) is 60.7 Å². The molecule has 0 spiro atoms. The fourth-order valence-corrected chi connectivity index (χ4v) is 5.83. The standard InChI is InChI=1S/C27H32F6O3/c1-16(6-4-13-25(36,26(28,29)30)27(31,32)33)21-10-11-22-18(7-5-12-24(21,22)3)8-9-19-14-20(34)15-23(35)17(19)2/h8-10,16,20,22-23,34-36H,2,5-7,11-12,14-15H2,1,3H3/b18-8+,19-9-/t16-,20-,22?,23+,24?/m1/s1. The molecule has 0 aromatic rings. The smallest absolute Gasteiger partial charge is 0.393 e. The van der Waals surface area contributed by atoms with Crippen LogP contribution in [0.3, 0.4) is 0 Å². The number of aliphatic hydroxyl groups is 3. The monoisotopic (exact) mass is 518 g/mol. The van der Waals surface area contributed by atoms with E-state index in [-0.39, 0.29) is 30.1 Å². The molecule has 0 amide bonds. The molecule has 0 heterocycles. The molecule has 3 rings (SSSR count). The number of alkyl halides is 6. The Balaban J connectivity index is 1.78. The molecular weight excluding hydrogens is 486 g/mol. The SMILES string of the molecule is C=C1/C(=C\C=C2/CCCC3(C)C([C@H](C)CC#CC(O)(C(F)(F)F)C(F)(F)F)=CCC23)C[C@@H](O)C[C@@H]1O. The highest BCUT2D eigenvalue weighted by Crippen LogP contribution is 2.57. The number of allylic oxidation sites excluding steroid dienone is 5. The molecule has 2 fully saturated rings. The van der Waals surface area contributed by atoms with Crippen molar-refractivity contribution >= 4 is 0 Å².